The quantitative estimate of drug-likeness (QED) is 0.594. The lowest BCUT2D eigenvalue weighted by Crippen LogP contribution is -2.43. The number of nitrogens with one attached hydrogen (secondary N) is 1. The van der Waals surface area contributed by atoms with E-state index < -0.39 is 17.9 Å². The van der Waals surface area contributed by atoms with E-state index in [4.69, 9.17) is 14.6 Å². The number of carboxylic acid groups (broad SMARTS) is 1. The van der Waals surface area contributed by atoms with Crippen LogP contribution in [0, 0.1) is 5.92 Å². The molecule has 6 heteroatoms. The molecule has 0 heterocycles. The first kappa shape index (κ1) is 22.0. The summed E-state index contributed by atoms with van der Waals surface area (Å²) in [7, 11) is 0. The zero-order valence-electron chi connectivity index (χ0n) is 16.9. The smallest absolute Gasteiger partial charge is 0.326 e. The molecule has 0 unspecified atom stereocenters. The van der Waals surface area contributed by atoms with Gasteiger partial charge in [0.25, 0.3) is 0 Å². The largest absolute Gasteiger partial charge is 0.490 e. The van der Waals surface area contributed by atoms with Crippen molar-refractivity contribution >= 4 is 18.0 Å². The van der Waals surface area contributed by atoms with Gasteiger partial charge in [0.2, 0.25) is 5.91 Å². The summed E-state index contributed by atoms with van der Waals surface area (Å²) < 4.78 is 11.5. The number of carboxylic acids is 1. The van der Waals surface area contributed by atoms with Crippen LogP contribution in [-0.4, -0.2) is 29.6 Å². The van der Waals surface area contributed by atoms with E-state index in [9.17, 15) is 9.59 Å². The van der Waals surface area contributed by atoms with Crippen LogP contribution in [0.25, 0.3) is 6.08 Å². The van der Waals surface area contributed by atoms with E-state index in [1.165, 1.54) is 6.08 Å². The Morgan fingerprint density at radius 3 is 2.41 bits per heavy atom. The summed E-state index contributed by atoms with van der Waals surface area (Å²) in [5.74, 6) is -0.538. The molecule has 2 aromatic carbocycles. The van der Waals surface area contributed by atoms with Crippen molar-refractivity contribution < 1.29 is 24.2 Å². The van der Waals surface area contributed by atoms with Gasteiger partial charge in [-0.1, -0.05) is 50.2 Å². The highest BCUT2D eigenvalue weighted by molar-refractivity contribution is 5.94. The minimum absolute atomic E-state index is 0.213. The molecule has 154 valence electrons. The zero-order chi connectivity index (χ0) is 21.2. The van der Waals surface area contributed by atoms with E-state index in [2.05, 4.69) is 5.32 Å². The Morgan fingerprint density at radius 1 is 1.07 bits per heavy atom. The summed E-state index contributed by atoms with van der Waals surface area (Å²) in [6.07, 6.45) is 2.92. The van der Waals surface area contributed by atoms with Crippen molar-refractivity contribution in [3.8, 4) is 11.5 Å². The molecule has 2 N–H and O–H groups in total. The van der Waals surface area contributed by atoms with E-state index in [0.29, 0.717) is 24.7 Å². The summed E-state index contributed by atoms with van der Waals surface area (Å²) in [5, 5.41) is 11.7. The molecule has 2 aromatic rings. The molecule has 0 radical (unpaired) electrons. The molecule has 29 heavy (non-hydrogen) atoms. The van der Waals surface area contributed by atoms with Crippen molar-refractivity contribution in [1.82, 2.24) is 5.32 Å². The van der Waals surface area contributed by atoms with Crippen LogP contribution in [0.15, 0.2) is 54.6 Å². The number of ether oxygens (including phenoxy) is 2. The highest BCUT2D eigenvalue weighted by atomic mass is 16.5. The third-order valence-corrected chi connectivity index (χ3v) is 4.16. The van der Waals surface area contributed by atoms with Crippen molar-refractivity contribution in [3.63, 3.8) is 0 Å². The molecule has 0 aromatic heterocycles. The number of hydrogen-bond acceptors (Lipinski definition) is 4. The molecular weight excluding hydrogens is 370 g/mol. The van der Waals surface area contributed by atoms with Crippen molar-refractivity contribution in [3.05, 3.63) is 65.7 Å². The van der Waals surface area contributed by atoms with Gasteiger partial charge in [-0.2, -0.15) is 0 Å². The first-order chi connectivity index (χ1) is 13.9. The Hall–Kier alpha value is -3.28. The van der Waals surface area contributed by atoms with E-state index >= 15 is 0 Å². The Balaban J connectivity index is 2.07. The molecule has 0 saturated heterocycles. The zero-order valence-corrected chi connectivity index (χ0v) is 16.9. The molecule has 1 amide bonds. The topological polar surface area (TPSA) is 84.9 Å². The summed E-state index contributed by atoms with van der Waals surface area (Å²) in [6.45, 7) is 6.26. The van der Waals surface area contributed by atoms with Gasteiger partial charge in [-0.15, -0.1) is 0 Å². The Labute approximate surface area is 171 Å². The van der Waals surface area contributed by atoms with E-state index in [0.717, 1.165) is 11.1 Å². The lowest BCUT2D eigenvalue weighted by molar-refractivity contribution is -0.142. The monoisotopic (exact) mass is 397 g/mol. The highest BCUT2D eigenvalue weighted by Crippen LogP contribution is 2.29. The van der Waals surface area contributed by atoms with Crippen LogP contribution in [0.5, 0.6) is 11.5 Å². The van der Waals surface area contributed by atoms with Gasteiger partial charge in [-0.25, -0.2) is 4.79 Å². The minimum atomic E-state index is -1.06. The third-order valence-electron chi connectivity index (χ3n) is 4.16. The van der Waals surface area contributed by atoms with Crippen molar-refractivity contribution in [2.75, 3.05) is 6.61 Å². The fourth-order valence-corrected chi connectivity index (χ4v) is 2.64. The molecule has 0 saturated carbocycles. The van der Waals surface area contributed by atoms with Crippen molar-refractivity contribution in [2.24, 2.45) is 5.92 Å². The molecule has 2 rings (SSSR count). The van der Waals surface area contributed by atoms with Crippen LogP contribution >= 0.6 is 0 Å². The fourth-order valence-electron chi connectivity index (χ4n) is 2.64. The van der Waals surface area contributed by atoms with Crippen LogP contribution in [0.3, 0.4) is 0 Å². The molecule has 0 bridgehead atoms. The fraction of sp³-hybridized carbons (Fsp3) is 0.304. The first-order valence-electron chi connectivity index (χ1n) is 9.55. The van der Waals surface area contributed by atoms with Gasteiger partial charge >= 0.3 is 5.97 Å². The Kier molecular flexibility index (Phi) is 8.27. The maximum atomic E-state index is 12.1. The van der Waals surface area contributed by atoms with Crippen molar-refractivity contribution in [2.45, 2.75) is 33.4 Å². The molecule has 1 atom stereocenters. The molecule has 0 aliphatic carbocycles. The maximum Gasteiger partial charge on any atom is 0.326 e. The van der Waals surface area contributed by atoms with Gasteiger partial charge in [0.05, 0.1) is 6.61 Å². The standard InChI is InChI=1S/C23H27NO5/c1-4-28-20-14-17(11-13-21(25)24-22(16(2)3)23(26)27)10-12-19(20)29-15-18-8-6-5-7-9-18/h5-14,16,22H,4,15H2,1-3H3,(H,24,25)(H,26,27)/b13-11+/t22-/m0/s1. The van der Waals surface area contributed by atoms with Gasteiger partial charge in [0, 0.05) is 6.08 Å². The average molecular weight is 397 g/mol. The molecular formula is C23H27NO5. The molecule has 6 nitrogen and oxygen atoms in total. The predicted molar refractivity (Wildman–Crippen MR) is 112 cm³/mol. The SMILES string of the molecule is CCOc1cc(/C=C/C(=O)N[C@H](C(=O)O)C(C)C)ccc1OCc1ccccc1. The highest BCUT2D eigenvalue weighted by Gasteiger charge is 2.22. The van der Waals surface area contributed by atoms with Crippen LogP contribution in [0.4, 0.5) is 0 Å². The maximum absolute atomic E-state index is 12.1. The van der Waals surface area contributed by atoms with Gasteiger partial charge in [0.15, 0.2) is 11.5 Å². The number of hydrogen-bond donors (Lipinski definition) is 2. The van der Waals surface area contributed by atoms with Crippen LogP contribution in [0.2, 0.25) is 0 Å². The van der Waals surface area contributed by atoms with Gasteiger partial charge < -0.3 is 19.9 Å². The number of carbonyl (C=O) groups excluding carboxylic acids is 1. The average Bonchev–Trinajstić information content (AvgIpc) is 2.70. The Bertz CT molecular complexity index is 846. The van der Waals surface area contributed by atoms with E-state index in [1.807, 2.05) is 43.3 Å². The number of aliphatic carboxylic acids is 1. The lowest BCUT2D eigenvalue weighted by atomic mass is 10.0. The van der Waals surface area contributed by atoms with Crippen LogP contribution < -0.4 is 14.8 Å². The van der Waals surface area contributed by atoms with Crippen molar-refractivity contribution in [1.29, 1.82) is 0 Å². The molecule has 0 aliphatic rings. The second kappa shape index (κ2) is 10.9. The molecule has 0 spiro atoms. The number of benzene rings is 2. The summed E-state index contributed by atoms with van der Waals surface area (Å²) in [6, 6.07) is 14.3. The predicted octanol–water partition coefficient (Wildman–Crippen LogP) is 3.90. The lowest BCUT2D eigenvalue weighted by Gasteiger charge is -2.16. The minimum Gasteiger partial charge on any atom is -0.490 e. The van der Waals surface area contributed by atoms with Crippen LogP contribution in [-0.2, 0) is 16.2 Å². The number of carbonyl (C=O) groups is 2. The second-order valence-corrected chi connectivity index (χ2v) is 6.82. The summed E-state index contributed by atoms with van der Waals surface area (Å²) in [5.41, 5.74) is 1.79. The number of amides is 1. The first-order valence-corrected chi connectivity index (χ1v) is 9.55. The summed E-state index contributed by atoms with van der Waals surface area (Å²) >= 11 is 0. The third kappa shape index (κ3) is 6.99. The molecule has 0 aliphatic heterocycles. The number of rotatable bonds is 10. The van der Waals surface area contributed by atoms with E-state index in [-0.39, 0.29) is 5.92 Å². The van der Waals surface area contributed by atoms with Crippen LogP contribution in [0.1, 0.15) is 31.9 Å². The molecule has 0 fully saturated rings. The van der Waals surface area contributed by atoms with Gasteiger partial charge in [-0.05, 0) is 42.2 Å². The van der Waals surface area contributed by atoms with E-state index in [1.54, 1.807) is 32.1 Å². The Morgan fingerprint density at radius 2 is 1.79 bits per heavy atom. The van der Waals surface area contributed by atoms with Gasteiger partial charge in [0.1, 0.15) is 12.6 Å². The normalized spacial score (nSPS) is 12.0. The van der Waals surface area contributed by atoms with Gasteiger partial charge in [-0.3, -0.25) is 4.79 Å². The summed E-state index contributed by atoms with van der Waals surface area (Å²) in [4.78, 5) is 23.3. The second-order valence-electron chi connectivity index (χ2n) is 6.82.